The zero-order valence-electron chi connectivity index (χ0n) is 14.0. The van der Waals surface area contributed by atoms with Gasteiger partial charge in [-0.25, -0.2) is 4.39 Å². The van der Waals surface area contributed by atoms with E-state index in [9.17, 15) is 9.50 Å². The second-order valence-electron chi connectivity index (χ2n) is 6.78. The van der Waals surface area contributed by atoms with Crippen LogP contribution in [0.15, 0.2) is 53.0 Å². The fourth-order valence-corrected chi connectivity index (χ4v) is 4.18. The summed E-state index contributed by atoms with van der Waals surface area (Å²) in [6.07, 6.45) is 4.41. The van der Waals surface area contributed by atoms with Crippen molar-refractivity contribution in [1.29, 1.82) is 0 Å². The van der Waals surface area contributed by atoms with Crippen LogP contribution in [0.25, 0.3) is 0 Å². The molecule has 2 aromatic rings. The third-order valence-electron chi connectivity index (χ3n) is 5.12. The number of benzene rings is 2. The van der Waals surface area contributed by atoms with Gasteiger partial charge in [0.05, 0.1) is 6.54 Å². The van der Waals surface area contributed by atoms with Gasteiger partial charge >= 0.3 is 0 Å². The topological polar surface area (TPSA) is 26.5 Å². The predicted octanol–water partition coefficient (Wildman–Crippen LogP) is 4.24. The van der Waals surface area contributed by atoms with E-state index < -0.39 is 5.72 Å². The van der Waals surface area contributed by atoms with Gasteiger partial charge in [0.25, 0.3) is 11.6 Å². The van der Waals surface area contributed by atoms with Crippen LogP contribution in [-0.4, -0.2) is 28.6 Å². The van der Waals surface area contributed by atoms with Crippen molar-refractivity contribution in [3.8, 4) is 0 Å². The molecule has 0 saturated heterocycles. The summed E-state index contributed by atoms with van der Waals surface area (Å²) in [5.41, 5.74) is 0.487. The largest absolute Gasteiger partial charge is 0.346 e. The number of halogens is 2. The molecule has 3 nitrogen and oxygen atoms in total. The summed E-state index contributed by atoms with van der Waals surface area (Å²) in [5, 5.41) is 11.7. The second kappa shape index (κ2) is 6.54. The molecule has 0 amide bonds. The van der Waals surface area contributed by atoms with Crippen molar-refractivity contribution in [1.82, 2.24) is 0 Å². The van der Waals surface area contributed by atoms with Crippen molar-refractivity contribution >= 4 is 27.5 Å². The van der Waals surface area contributed by atoms with E-state index in [-0.39, 0.29) is 5.82 Å². The monoisotopic (exact) mass is 403 g/mol. The summed E-state index contributed by atoms with van der Waals surface area (Å²) in [5.74, 6) is 0.870. The van der Waals surface area contributed by atoms with E-state index in [2.05, 4.69) is 20.5 Å². The number of nitrogens with zero attached hydrogens (tertiary/aromatic N) is 2. The van der Waals surface area contributed by atoms with E-state index >= 15 is 0 Å². The van der Waals surface area contributed by atoms with Gasteiger partial charge in [-0.1, -0.05) is 15.9 Å². The Balaban J connectivity index is 1.83. The summed E-state index contributed by atoms with van der Waals surface area (Å²) in [6.45, 7) is 1.45. The lowest BCUT2D eigenvalue weighted by Crippen LogP contribution is -2.47. The minimum Gasteiger partial charge on any atom is -0.346 e. The first-order valence-electron chi connectivity index (χ1n) is 8.73. The van der Waals surface area contributed by atoms with Crippen LogP contribution in [0.1, 0.15) is 31.2 Å². The van der Waals surface area contributed by atoms with E-state index in [1.165, 1.54) is 18.6 Å². The molecular weight excluding hydrogens is 383 g/mol. The van der Waals surface area contributed by atoms with E-state index in [0.717, 1.165) is 47.4 Å². The summed E-state index contributed by atoms with van der Waals surface area (Å²) >= 11 is 3.48. The molecule has 0 saturated carbocycles. The summed E-state index contributed by atoms with van der Waals surface area (Å²) in [7, 11) is 0. The summed E-state index contributed by atoms with van der Waals surface area (Å²) in [4.78, 5) is 2.04. The lowest BCUT2D eigenvalue weighted by Gasteiger charge is -2.29. The fraction of sp³-hybridized carbons (Fsp3) is 0.350. The van der Waals surface area contributed by atoms with Gasteiger partial charge in [0.15, 0.2) is 6.54 Å². The van der Waals surface area contributed by atoms with Gasteiger partial charge in [-0.2, -0.15) is 4.90 Å². The minimum atomic E-state index is -1.19. The first-order chi connectivity index (χ1) is 12.1. The van der Waals surface area contributed by atoms with Crippen LogP contribution in [0.2, 0.25) is 0 Å². The fourth-order valence-electron chi connectivity index (χ4n) is 3.91. The van der Waals surface area contributed by atoms with Crippen LogP contribution in [0, 0.1) is 5.82 Å². The molecule has 2 aliphatic heterocycles. The lowest BCUT2D eigenvalue weighted by atomic mass is 10.00. The molecule has 130 valence electrons. The molecule has 0 spiro atoms. The standard InChI is InChI=1S/C20H21BrFN2O/c21-16-7-11-18(12-8-16)24-19-4-2-1-3-13-23(19)14-20(24,25)15-5-9-17(22)10-6-15/h5-12,25H,1-4,13-14H2/q+1/t20-/m0/s1. The highest BCUT2D eigenvalue weighted by Gasteiger charge is 2.53. The van der Waals surface area contributed by atoms with Gasteiger partial charge in [-0.3, -0.25) is 4.58 Å². The van der Waals surface area contributed by atoms with Gasteiger partial charge in [0.1, 0.15) is 11.5 Å². The van der Waals surface area contributed by atoms with Crippen molar-refractivity contribution in [2.75, 3.05) is 18.0 Å². The Kier molecular flexibility index (Phi) is 4.38. The third-order valence-corrected chi connectivity index (χ3v) is 5.65. The lowest BCUT2D eigenvalue weighted by molar-refractivity contribution is -0.534. The maximum absolute atomic E-state index is 13.4. The van der Waals surface area contributed by atoms with Gasteiger partial charge in [-0.15, -0.1) is 0 Å². The quantitative estimate of drug-likeness (QED) is 0.759. The molecule has 2 heterocycles. The normalized spacial score (nSPS) is 23.6. The molecule has 0 fully saturated rings. The molecule has 25 heavy (non-hydrogen) atoms. The predicted molar refractivity (Wildman–Crippen MR) is 100 cm³/mol. The molecule has 0 radical (unpaired) electrons. The maximum Gasteiger partial charge on any atom is 0.275 e. The van der Waals surface area contributed by atoms with Crippen molar-refractivity contribution in [2.24, 2.45) is 0 Å². The Morgan fingerprint density at radius 1 is 1.00 bits per heavy atom. The molecule has 0 aromatic heterocycles. The Bertz CT molecular complexity index is 803. The number of hydrogen-bond donors (Lipinski definition) is 1. The Morgan fingerprint density at radius 2 is 1.72 bits per heavy atom. The second-order valence-corrected chi connectivity index (χ2v) is 7.70. The number of hydrogen-bond acceptors (Lipinski definition) is 2. The van der Waals surface area contributed by atoms with Crippen LogP contribution in [0.3, 0.4) is 0 Å². The highest BCUT2D eigenvalue weighted by atomic mass is 79.9. The van der Waals surface area contributed by atoms with Gasteiger partial charge in [-0.05, 0) is 67.8 Å². The molecule has 1 atom stereocenters. The molecule has 4 rings (SSSR count). The Hall–Kier alpha value is -1.72. The maximum atomic E-state index is 13.4. The van der Waals surface area contributed by atoms with Crippen molar-refractivity contribution in [2.45, 2.75) is 31.4 Å². The van der Waals surface area contributed by atoms with Crippen LogP contribution in [0.4, 0.5) is 10.1 Å². The van der Waals surface area contributed by atoms with E-state index in [1.807, 2.05) is 29.2 Å². The van der Waals surface area contributed by atoms with Crippen molar-refractivity contribution in [3.63, 3.8) is 0 Å². The molecular formula is C20H21BrFN2O+. The number of aliphatic hydroxyl groups is 1. The van der Waals surface area contributed by atoms with Crippen LogP contribution in [-0.2, 0) is 5.72 Å². The molecule has 0 aliphatic carbocycles. The van der Waals surface area contributed by atoms with E-state index in [1.54, 1.807) is 12.1 Å². The molecule has 5 heteroatoms. The Morgan fingerprint density at radius 3 is 2.44 bits per heavy atom. The van der Waals surface area contributed by atoms with Crippen molar-refractivity contribution in [3.05, 3.63) is 64.4 Å². The van der Waals surface area contributed by atoms with E-state index in [0.29, 0.717) is 6.54 Å². The minimum absolute atomic E-state index is 0.289. The molecule has 1 N–H and O–H groups in total. The highest BCUT2D eigenvalue weighted by molar-refractivity contribution is 9.10. The van der Waals surface area contributed by atoms with Crippen molar-refractivity contribution < 1.29 is 14.1 Å². The van der Waals surface area contributed by atoms with Crippen LogP contribution >= 0.6 is 15.9 Å². The van der Waals surface area contributed by atoms with Gasteiger partial charge in [0, 0.05) is 16.5 Å². The summed E-state index contributed by atoms with van der Waals surface area (Å²) < 4.78 is 16.7. The molecule has 2 aliphatic rings. The van der Waals surface area contributed by atoms with Gasteiger partial charge < -0.3 is 5.11 Å². The summed E-state index contributed by atoms with van der Waals surface area (Å²) in [6, 6.07) is 14.2. The zero-order chi connectivity index (χ0) is 17.4. The highest BCUT2D eigenvalue weighted by Crippen LogP contribution is 2.38. The SMILES string of the molecule is O[C@]1(c2ccc(F)cc2)C[N+]2=C(CCCCC2)N1c1ccc(Br)cc1. The number of anilines is 1. The first-order valence-corrected chi connectivity index (χ1v) is 9.52. The molecule has 2 aromatic carbocycles. The molecule has 0 bridgehead atoms. The average molecular weight is 404 g/mol. The number of amidine groups is 1. The van der Waals surface area contributed by atoms with Crippen LogP contribution in [0.5, 0.6) is 0 Å². The van der Waals surface area contributed by atoms with Crippen LogP contribution < -0.4 is 4.90 Å². The first kappa shape index (κ1) is 16.7. The number of rotatable bonds is 2. The van der Waals surface area contributed by atoms with E-state index in [4.69, 9.17) is 0 Å². The third kappa shape index (κ3) is 3.00. The smallest absolute Gasteiger partial charge is 0.275 e. The average Bonchev–Trinajstić information content (AvgIpc) is 2.74. The van der Waals surface area contributed by atoms with Gasteiger partial charge in [0.2, 0.25) is 0 Å². The molecule has 0 unspecified atom stereocenters. The zero-order valence-corrected chi connectivity index (χ0v) is 15.5. The Labute approximate surface area is 155 Å².